The van der Waals surface area contributed by atoms with Gasteiger partial charge in [0.2, 0.25) is 0 Å². The second kappa shape index (κ2) is 5.74. The van der Waals surface area contributed by atoms with Gasteiger partial charge in [0.25, 0.3) is 0 Å². The van der Waals surface area contributed by atoms with E-state index >= 15 is 0 Å². The van der Waals surface area contributed by atoms with Crippen molar-refractivity contribution in [3.8, 4) is 0 Å². The standard InChI is InChI=1S/C12H20O/c1-5-8-11(13)12(4,9-6-2)10-7-3/h5-6,8H,2,7,9-10H2,1,3-4H3/b8-5+. The van der Waals surface area contributed by atoms with Crippen LogP contribution in [0.25, 0.3) is 0 Å². The number of hydrogen-bond acceptors (Lipinski definition) is 1. The Hall–Kier alpha value is -0.850. The van der Waals surface area contributed by atoms with Crippen LogP contribution in [-0.4, -0.2) is 5.78 Å². The first kappa shape index (κ1) is 12.2. The van der Waals surface area contributed by atoms with Gasteiger partial charge in [0.05, 0.1) is 0 Å². The monoisotopic (exact) mass is 180 g/mol. The highest BCUT2D eigenvalue weighted by atomic mass is 16.1. The van der Waals surface area contributed by atoms with E-state index in [4.69, 9.17) is 0 Å². The topological polar surface area (TPSA) is 17.1 Å². The predicted molar refractivity (Wildman–Crippen MR) is 57.7 cm³/mol. The minimum atomic E-state index is -0.233. The molecule has 1 nitrogen and oxygen atoms in total. The van der Waals surface area contributed by atoms with Crippen molar-refractivity contribution in [2.75, 3.05) is 0 Å². The molecule has 1 heteroatoms. The van der Waals surface area contributed by atoms with Crippen LogP contribution in [0.15, 0.2) is 24.8 Å². The first-order valence-corrected chi connectivity index (χ1v) is 4.88. The summed E-state index contributed by atoms with van der Waals surface area (Å²) >= 11 is 0. The van der Waals surface area contributed by atoms with E-state index in [9.17, 15) is 4.79 Å². The Kier molecular flexibility index (Phi) is 5.36. The van der Waals surface area contributed by atoms with Crippen molar-refractivity contribution in [3.63, 3.8) is 0 Å². The van der Waals surface area contributed by atoms with Crippen LogP contribution in [0, 0.1) is 5.41 Å². The molecule has 0 N–H and O–H groups in total. The number of ketones is 1. The molecule has 0 aromatic carbocycles. The largest absolute Gasteiger partial charge is 0.294 e. The van der Waals surface area contributed by atoms with Crippen LogP contribution >= 0.6 is 0 Å². The lowest BCUT2D eigenvalue weighted by atomic mass is 9.78. The smallest absolute Gasteiger partial charge is 0.161 e. The predicted octanol–water partition coefficient (Wildman–Crippen LogP) is 3.51. The molecule has 0 aliphatic carbocycles. The van der Waals surface area contributed by atoms with Crippen molar-refractivity contribution in [2.24, 2.45) is 5.41 Å². The van der Waals surface area contributed by atoms with Gasteiger partial charge in [-0.3, -0.25) is 4.79 Å². The molecule has 1 unspecified atom stereocenters. The Labute approximate surface area is 81.5 Å². The van der Waals surface area contributed by atoms with Crippen molar-refractivity contribution >= 4 is 5.78 Å². The first-order chi connectivity index (χ1) is 6.10. The van der Waals surface area contributed by atoms with E-state index in [1.165, 1.54) is 0 Å². The molecule has 0 bridgehead atoms. The highest BCUT2D eigenvalue weighted by Gasteiger charge is 2.28. The zero-order valence-corrected chi connectivity index (χ0v) is 8.97. The minimum absolute atomic E-state index is 0.219. The van der Waals surface area contributed by atoms with Gasteiger partial charge >= 0.3 is 0 Å². The van der Waals surface area contributed by atoms with Crippen LogP contribution in [0.5, 0.6) is 0 Å². The SMILES string of the molecule is C=CCC(C)(CCC)C(=O)/C=C/C. The molecule has 13 heavy (non-hydrogen) atoms. The van der Waals surface area contributed by atoms with Gasteiger partial charge < -0.3 is 0 Å². The fraction of sp³-hybridized carbons (Fsp3) is 0.583. The molecular weight excluding hydrogens is 160 g/mol. The Bertz CT molecular complexity index is 203. The molecule has 0 saturated carbocycles. The van der Waals surface area contributed by atoms with Crippen LogP contribution in [-0.2, 0) is 4.79 Å². The molecule has 0 spiro atoms. The third-order valence-electron chi connectivity index (χ3n) is 2.31. The van der Waals surface area contributed by atoms with Crippen molar-refractivity contribution in [3.05, 3.63) is 24.8 Å². The van der Waals surface area contributed by atoms with Crippen LogP contribution < -0.4 is 0 Å². The summed E-state index contributed by atoms with van der Waals surface area (Å²) in [4.78, 5) is 11.7. The zero-order valence-electron chi connectivity index (χ0n) is 8.97. The molecule has 0 aromatic heterocycles. The normalized spacial score (nSPS) is 15.6. The van der Waals surface area contributed by atoms with Crippen LogP contribution in [0.4, 0.5) is 0 Å². The summed E-state index contributed by atoms with van der Waals surface area (Å²) in [6, 6.07) is 0. The van der Waals surface area contributed by atoms with Gasteiger partial charge in [0, 0.05) is 5.41 Å². The maximum absolute atomic E-state index is 11.7. The van der Waals surface area contributed by atoms with E-state index < -0.39 is 0 Å². The summed E-state index contributed by atoms with van der Waals surface area (Å²) < 4.78 is 0. The van der Waals surface area contributed by atoms with Gasteiger partial charge in [0.1, 0.15) is 0 Å². The molecule has 74 valence electrons. The van der Waals surface area contributed by atoms with Crippen LogP contribution in [0.2, 0.25) is 0 Å². The van der Waals surface area contributed by atoms with E-state index in [0.29, 0.717) is 0 Å². The Morgan fingerprint density at radius 1 is 1.54 bits per heavy atom. The zero-order chi connectivity index (χ0) is 10.3. The lowest BCUT2D eigenvalue weighted by molar-refractivity contribution is -0.123. The molecule has 0 fully saturated rings. The fourth-order valence-electron chi connectivity index (χ4n) is 1.55. The van der Waals surface area contributed by atoms with Gasteiger partial charge in [-0.1, -0.05) is 32.4 Å². The Morgan fingerprint density at radius 3 is 2.54 bits per heavy atom. The minimum Gasteiger partial charge on any atom is -0.294 e. The number of rotatable bonds is 6. The summed E-state index contributed by atoms with van der Waals surface area (Å²) in [7, 11) is 0. The van der Waals surface area contributed by atoms with Crippen molar-refractivity contribution in [1.82, 2.24) is 0 Å². The molecule has 0 rings (SSSR count). The van der Waals surface area contributed by atoms with Crippen molar-refractivity contribution in [2.45, 2.75) is 40.0 Å². The quantitative estimate of drug-likeness (QED) is 0.451. The van der Waals surface area contributed by atoms with E-state index in [1.807, 2.05) is 19.9 Å². The number of hydrogen-bond donors (Lipinski definition) is 0. The van der Waals surface area contributed by atoms with Crippen molar-refractivity contribution < 1.29 is 4.79 Å². The summed E-state index contributed by atoms with van der Waals surface area (Å²) in [6.07, 6.45) is 8.04. The van der Waals surface area contributed by atoms with Crippen LogP contribution in [0.3, 0.4) is 0 Å². The van der Waals surface area contributed by atoms with Gasteiger partial charge in [0.15, 0.2) is 5.78 Å². The van der Waals surface area contributed by atoms with E-state index in [-0.39, 0.29) is 11.2 Å². The molecule has 0 heterocycles. The molecule has 1 atom stereocenters. The molecule has 0 amide bonds. The molecule has 0 aliphatic rings. The van der Waals surface area contributed by atoms with E-state index in [0.717, 1.165) is 19.3 Å². The van der Waals surface area contributed by atoms with Gasteiger partial charge in [-0.25, -0.2) is 0 Å². The third-order valence-corrected chi connectivity index (χ3v) is 2.31. The third kappa shape index (κ3) is 3.58. The van der Waals surface area contributed by atoms with Crippen molar-refractivity contribution in [1.29, 1.82) is 0 Å². The number of carbonyl (C=O) groups is 1. The average Bonchev–Trinajstić information content (AvgIpc) is 2.05. The summed E-state index contributed by atoms with van der Waals surface area (Å²) in [6.45, 7) is 9.68. The van der Waals surface area contributed by atoms with Gasteiger partial charge in [-0.15, -0.1) is 6.58 Å². The molecule has 0 saturated heterocycles. The van der Waals surface area contributed by atoms with Gasteiger partial charge in [-0.05, 0) is 25.8 Å². The van der Waals surface area contributed by atoms with Crippen LogP contribution in [0.1, 0.15) is 40.0 Å². The fourth-order valence-corrected chi connectivity index (χ4v) is 1.55. The lowest BCUT2D eigenvalue weighted by Gasteiger charge is -2.24. The Morgan fingerprint density at radius 2 is 2.15 bits per heavy atom. The average molecular weight is 180 g/mol. The highest BCUT2D eigenvalue weighted by molar-refractivity contribution is 5.94. The van der Waals surface area contributed by atoms with E-state index in [1.54, 1.807) is 12.2 Å². The maximum atomic E-state index is 11.7. The molecule has 0 aliphatic heterocycles. The summed E-state index contributed by atoms with van der Waals surface area (Å²) in [5.41, 5.74) is -0.233. The summed E-state index contributed by atoms with van der Waals surface area (Å²) in [5.74, 6) is 0.219. The number of allylic oxidation sites excluding steroid dienone is 3. The van der Waals surface area contributed by atoms with E-state index in [2.05, 4.69) is 13.5 Å². The lowest BCUT2D eigenvalue weighted by Crippen LogP contribution is -2.25. The second-order valence-corrected chi connectivity index (χ2v) is 3.67. The maximum Gasteiger partial charge on any atom is 0.161 e. The summed E-state index contributed by atoms with van der Waals surface area (Å²) in [5, 5.41) is 0. The first-order valence-electron chi connectivity index (χ1n) is 4.88. The van der Waals surface area contributed by atoms with Gasteiger partial charge in [-0.2, -0.15) is 0 Å². The Balaban J connectivity index is 4.55. The molecule has 0 aromatic rings. The second-order valence-electron chi connectivity index (χ2n) is 3.67. The molecular formula is C12H20O. The highest BCUT2D eigenvalue weighted by Crippen LogP contribution is 2.29. The molecule has 0 radical (unpaired) electrons. The number of carbonyl (C=O) groups excluding carboxylic acids is 1.